The molecule has 3 aliphatic carbocycles. The Kier molecular flexibility index (Phi) is 6.54. The van der Waals surface area contributed by atoms with Crippen molar-refractivity contribution in [3.8, 4) is 5.75 Å². The second-order valence-electron chi connectivity index (χ2n) is 11.4. The van der Waals surface area contributed by atoms with Crippen LogP contribution in [-0.4, -0.2) is 35.4 Å². The molecule has 0 spiro atoms. The molecule has 172 valence electrons. The molecule has 1 aromatic rings. The highest BCUT2D eigenvalue weighted by Gasteiger charge is 2.56. The fourth-order valence-electron chi connectivity index (χ4n) is 6.49. The van der Waals surface area contributed by atoms with Crippen molar-refractivity contribution in [2.75, 3.05) is 18.1 Å². The van der Waals surface area contributed by atoms with Crippen molar-refractivity contribution in [2.45, 2.75) is 78.2 Å². The number of aryl methyl sites for hydroxylation is 1. The van der Waals surface area contributed by atoms with Gasteiger partial charge < -0.3 is 15.2 Å². The Morgan fingerprint density at radius 3 is 2.84 bits per heavy atom. The fourth-order valence-corrected chi connectivity index (χ4v) is 7.49. The number of phenolic OH excluding ortho intramolecular Hbond substituents is 1. The third kappa shape index (κ3) is 4.86. The molecule has 5 heteroatoms. The lowest BCUT2D eigenvalue weighted by atomic mass is 9.55. The zero-order valence-electron chi connectivity index (χ0n) is 19.6. The Bertz CT molecular complexity index is 804. The maximum atomic E-state index is 12.5. The monoisotopic (exact) mass is 445 g/mol. The van der Waals surface area contributed by atoms with Gasteiger partial charge in [-0.15, -0.1) is 0 Å². The van der Waals surface area contributed by atoms with Gasteiger partial charge in [-0.25, -0.2) is 4.79 Å². The molecule has 0 bridgehead atoms. The van der Waals surface area contributed by atoms with Crippen LogP contribution in [0.15, 0.2) is 18.2 Å². The number of thioether (sulfide) groups is 1. The first-order valence-corrected chi connectivity index (χ1v) is 13.2. The van der Waals surface area contributed by atoms with Crippen LogP contribution in [0.1, 0.15) is 76.8 Å². The SMILES string of the molecule is CC(C)(C)CSCCNC(=O)OC1CCC2C3CCc4cc(O)ccc4C3CCC12C. The summed E-state index contributed by atoms with van der Waals surface area (Å²) in [7, 11) is 0. The van der Waals surface area contributed by atoms with E-state index in [0.29, 0.717) is 35.5 Å². The van der Waals surface area contributed by atoms with Crippen LogP contribution < -0.4 is 5.32 Å². The second-order valence-corrected chi connectivity index (χ2v) is 12.5. The van der Waals surface area contributed by atoms with Gasteiger partial charge in [-0.1, -0.05) is 33.8 Å². The van der Waals surface area contributed by atoms with Crippen LogP contribution >= 0.6 is 11.8 Å². The fraction of sp³-hybridized carbons (Fsp3) is 0.731. The molecule has 0 radical (unpaired) electrons. The van der Waals surface area contributed by atoms with Gasteiger partial charge in [0.1, 0.15) is 11.9 Å². The quantitative estimate of drug-likeness (QED) is 0.536. The number of nitrogens with one attached hydrogen (secondary N) is 1. The first-order valence-electron chi connectivity index (χ1n) is 12.0. The van der Waals surface area contributed by atoms with Crippen LogP contribution in [0, 0.1) is 22.7 Å². The molecule has 1 amide bonds. The summed E-state index contributed by atoms with van der Waals surface area (Å²) in [5.41, 5.74) is 3.19. The van der Waals surface area contributed by atoms with Gasteiger partial charge in [-0.2, -0.15) is 11.8 Å². The second kappa shape index (κ2) is 8.88. The van der Waals surface area contributed by atoms with E-state index in [4.69, 9.17) is 4.74 Å². The number of hydrogen-bond donors (Lipinski definition) is 2. The molecule has 2 saturated carbocycles. The van der Waals surface area contributed by atoms with Crippen molar-refractivity contribution < 1.29 is 14.6 Å². The van der Waals surface area contributed by atoms with Crippen LogP contribution in [0.2, 0.25) is 0 Å². The smallest absolute Gasteiger partial charge is 0.407 e. The molecular weight excluding hydrogens is 406 g/mol. The molecule has 0 heterocycles. The zero-order chi connectivity index (χ0) is 22.2. The normalized spacial score (nSPS) is 32.0. The Labute approximate surface area is 191 Å². The van der Waals surface area contributed by atoms with Gasteiger partial charge in [0.2, 0.25) is 0 Å². The van der Waals surface area contributed by atoms with Crippen molar-refractivity contribution in [2.24, 2.45) is 22.7 Å². The molecule has 0 aromatic heterocycles. The highest BCUT2D eigenvalue weighted by Crippen LogP contribution is 2.61. The summed E-state index contributed by atoms with van der Waals surface area (Å²) in [5, 5.41) is 12.8. The van der Waals surface area contributed by atoms with E-state index in [-0.39, 0.29) is 17.6 Å². The van der Waals surface area contributed by atoms with Crippen molar-refractivity contribution in [1.82, 2.24) is 5.32 Å². The number of fused-ring (bicyclic) bond motifs is 5. The largest absolute Gasteiger partial charge is 0.508 e. The predicted octanol–water partition coefficient (Wildman–Crippen LogP) is 6.12. The molecule has 4 nitrogen and oxygen atoms in total. The van der Waals surface area contributed by atoms with E-state index in [1.165, 1.54) is 17.5 Å². The van der Waals surface area contributed by atoms with Gasteiger partial charge in [0.05, 0.1) is 0 Å². The van der Waals surface area contributed by atoms with Gasteiger partial charge in [-0.05, 0) is 90.7 Å². The summed E-state index contributed by atoms with van der Waals surface area (Å²) in [5.74, 6) is 4.28. The lowest BCUT2D eigenvalue weighted by molar-refractivity contribution is -0.0313. The standard InChI is InChI=1S/C26H39NO3S/c1-25(2,3)16-31-14-13-27-24(29)30-23-10-9-22-21-7-5-17-15-18(28)6-8-19(17)20(21)11-12-26(22,23)4/h6,8,15,20-23,28H,5,7,9-14,16H2,1-4H3,(H,27,29). The average molecular weight is 446 g/mol. The van der Waals surface area contributed by atoms with Crippen molar-refractivity contribution >= 4 is 17.9 Å². The summed E-state index contributed by atoms with van der Waals surface area (Å²) in [6.45, 7) is 9.75. The Hall–Kier alpha value is -1.36. The minimum Gasteiger partial charge on any atom is -0.508 e. The minimum absolute atomic E-state index is 0.0295. The number of benzene rings is 1. The van der Waals surface area contributed by atoms with E-state index < -0.39 is 0 Å². The lowest BCUT2D eigenvalue weighted by Gasteiger charge is -2.50. The maximum absolute atomic E-state index is 12.5. The third-order valence-electron chi connectivity index (χ3n) is 7.92. The molecule has 1 aromatic carbocycles. The molecular formula is C26H39NO3S. The number of alkyl carbamates (subject to hydrolysis) is 1. The Balaban J connectivity index is 1.33. The van der Waals surface area contributed by atoms with E-state index in [9.17, 15) is 9.90 Å². The summed E-state index contributed by atoms with van der Waals surface area (Å²) in [4.78, 5) is 12.5. The number of aromatic hydroxyl groups is 1. The summed E-state index contributed by atoms with van der Waals surface area (Å²) in [6.07, 6.45) is 6.43. The first kappa shape index (κ1) is 22.8. The van der Waals surface area contributed by atoms with Crippen molar-refractivity contribution in [3.63, 3.8) is 0 Å². The van der Waals surface area contributed by atoms with E-state index in [2.05, 4.69) is 39.1 Å². The summed E-state index contributed by atoms with van der Waals surface area (Å²) >= 11 is 1.88. The minimum atomic E-state index is -0.241. The third-order valence-corrected chi connectivity index (χ3v) is 9.49. The topological polar surface area (TPSA) is 58.6 Å². The van der Waals surface area contributed by atoms with Crippen molar-refractivity contribution in [3.05, 3.63) is 29.3 Å². The van der Waals surface area contributed by atoms with Gasteiger partial charge in [0, 0.05) is 17.7 Å². The number of carbonyl (C=O) groups is 1. The predicted molar refractivity (Wildman–Crippen MR) is 128 cm³/mol. The molecule has 31 heavy (non-hydrogen) atoms. The van der Waals surface area contributed by atoms with Crippen LogP contribution in [0.4, 0.5) is 4.79 Å². The van der Waals surface area contributed by atoms with E-state index in [1.54, 1.807) is 0 Å². The van der Waals surface area contributed by atoms with Gasteiger partial charge in [0.25, 0.3) is 0 Å². The number of hydrogen-bond acceptors (Lipinski definition) is 4. The summed E-state index contributed by atoms with van der Waals surface area (Å²) in [6, 6.07) is 5.96. The number of carbonyl (C=O) groups excluding carboxylic acids is 1. The molecule has 0 aliphatic heterocycles. The van der Waals surface area contributed by atoms with Crippen LogP contribution in [0.5, 0.6) is 5.75 Å². The number of amides is 1. The molecule has 5 atom stereocenters. The van der Waals surface area contributed by atoms with E-state index in [1.807, 2.05) is 23.9 Å². The van der Waals surface area contributed by atoms with E-state index in [0.717, 1.165) is 43.6 Å². The average Bonchev–Trinajstić information content (AvgIpc) is 3.02. The van der Waals surface area contributed by atoms with Crippen molar-refractivity contribution in [1.29, 1.82) is 0 Å². The first-order chi connectivity index (χ1) is 14.7. The molecule has 5 unspecified atom stereocenters. The Morgan fingerprint density at radius 1 is 1.26 bits per heavy atom. The highest BCUT2D eigenvalue weighted by atomic mass is 32.2. The number of ether oxygens (including phenoxy) is 1. The van der Waals surface area contributed by atoms with Gasteiger partial charge >= 0.3 is 6.09 Å². The van der Waals surface area contributed by atoms with Crippen LogP contribution in [0.3, 0.4) is 0 Å². The number of phenols is 1. The van der Waals surface area contributed by atoms with E-state index >= 15 is 0 Å². The highest BCUT2D eigenvalue weighted by molar-refractivity contribution is 7.99. The maximum Gasteiger partial charge on any atom is 0.407 e. The van der Waals surface area contributed by atoms with Crippen LogP contribution in [-0.2, 0) is 11.2 Å². The van der Waals surface area contributed by atoms with Gasteiger partial charge in [-0.3, -0.25) is 0 Å². The molecule has 0 saturated heterocycles. The Morgan fingerprint density at radius 2 is 2.06 bits per heavy atom. The number of rotatable bonds is 5. The molecule has 2 fully saturated rings. The molecule has 4 rings (SSSR count). The summed E-state index contributed by atoms with van der Waals surface area (Å²) < 4.78 is 6.00. The molecule has 2 N–H and O–H groups in total. The lowest BCUT2D eigenvalue weighted by Crippen LogP contribution is -2.46. The zero-order valence-corrected chi connectivity index (χ0v) is 20.4. The van der Waals surface area contributed by atoms with Crippen LogP contribution in [0.25, 0.3) is 0 Å². The molecule has 3 aliphatic rings. The van der Waals surface area contributed by atoms with Gasteiger partial charge in [0.15, 0.2) is 0 Å².